The third kappa shape index (κ3) is 5.37. The minimum atomic E-state index is -0.378. The molecule has 0 amide bonds. The Morgan fingerprint density at radius 3 is 2.68 bits per heavy atom. The zero-order valence-electron chi connectivity index (χ0n) is 16.2. The van der Waals surface area contributed by atoms with E-state index in [1.165, 1.54) is 13.2 Å². The van der Waals surface area contributed by atoms with Gasteiger partial charge in [-0.05, 0) is 36.8 Å². The Kier molecular flexibility index (Phi) is 8.10. The van der Waals surface area contributed by atoms with Gasteiger partial charge in [-0.15, -0.1) is 24.0 Å². The number of ether oxygens (including phenoxy) is 1. The molecule has 150 valence electrons. The van der Waals surface area contributed by atoms with Gasteiger partial charge in [-0.25, -0.2) is 4.39 Å². The number of fused-ring (bicyclic) bond motifs is 1. The molecule has 5 nitrogen and oxygen atoms in total. The first-order valence-electron chi connectivity index (χ1n) is 8.88. The van der Waals surface area contributed by atoms with E-state index in [0.29, 0.717) is 12.5 Å². The molecule has 1 unspecified atom stereocenters. The normalized spacial score (nSPS) is 12.4. The predicted molar refractivity (Wildman–Crippen MR) is 121 cm³/mol. The number of guanidine groups is 1. The molecule has 0 aliphatic carbocycles. The van der Waals surface area contributed by atoms with E-state index in [9.17, 15) is 4.39 Å². The highest BCUT2D eigenvalue weighted by Crippen LogP contribution is 2.22. The molecule has 2 N–H and O–H groups in total. The first-order valence-corrected chi connectivity index (χ1v) is 8.88. The Balaban J connectivity index is 0.00000280. The van der Waals surface area contributed by atoms with E-state index >= 15 is 0 Å². The van der Waals surface area contributed by atoms with Crippen LogP contribution in [-0.2, 0) is 6.42 Å². The summed E-state index contributed by atoms with van der Waals surface area (Å²) in [6.45, 7) is 2.62. The van der Waals surface area contributed by atoms with Gasteiger partial charge in [0.05, 0.1) is 13.2 Å². The number of hydrogen-bond acceptors (Lipinski definition) is 3. The standard InChI is InChI=1S/C21H24FN3O2.HI/c1-14(15-8-9-20(26-3)18(22)13-15)25-21(23-2)24-11-10-17-12-16-6-4-5-7-19(16)27-17;/h4-9,12-14H,10-11H2,1-3H3,(H2,23,24,25);1H. The molecular formula is C21H25FIN3O2. The molecule has 1 atom stereocenters. The van der Waals surface area contributed by atoms with Gasteiger partial charge in [0, 0.05) is 25.4 Å². The average Bonchev–Trinajstić information content (AvgIpc) is 3.09. The second-order valence-electron chi connectivity index (χ2n) is 6.26. The minimum Gasteiger partial charge on any atom is -0.494 e. The van der Waals surface area contributed by atoms with E-state index in [4.69, 9.17) is 9.15 Å². The van der Waals surface area contributed by atoms with Gasteiger partial charge in [0.1, 0.15) is 11.3 Å². The van der Waals surface area contributed by atoms with Crippen molar-refractivity contribution in [3.05, 3.63) is 65.7 Å². The second-order valence-corrected chi connectivity index (χ2v) is 6.26. The van der Waals surface area contributed by atoms with Crippen LogP contribution in [0.1, 0.15) is 24.3 Å². The summed E-state index contributed by atoms with van der Waals surface area (Å²) in [5, 5.41) is 7.62. The molecule has 2 aromatic carbocycles. The first-order chi connectivity index (χ1) is 13.1. The lowest BCUT2D eigenvalue weighted by molar-refractivity contribution is 0.386. The van der Waals surface area contributed by atoms with Gasteiger partial charge in [-0.3, -0.25) is 4.99 Å². The maximum absolute atomic E-state index is 13.9. The van der Waals surface area contributed by atoms with Gasteiger partial charge >= 0.3 is 0 Å². The Morgan fingerprint density at radius 1 is 1.21 bits per heavy atom. The summed E-state index contributed by atoms with van der Waals surface area (Å²) in [4.78, 5) is 4.23. The predicted octanol–water partition coefficient (Wildman–Crippen LogP) is 4.67. The van der Waals surface area contributed by atoms with E-state index in [1.54, 1.807) is 13.1 Å². The van der Waals surface area contributed by atoms with Crippen LogP contribution in [0.25, 0.3) is 11.0 Å². The number of nitrogens with one attached hydrogen (secondary N) is 2. The highest BCUT2D eigenvalue weighted by molar-refractivity contribution is 14.0. The van der Waals surface area contributed by atoms with Crippen LogP contribution < -0.4 is 15.4 Å². The van der Waals surface area contributed by atoms with Crippen molar-refractivity contribution in [1.29, 1.82) is 0 Å². The molecule has 1 aromatic heterocycles. The molecule has 0 fully saturated rings. The monoisotopic (exact) mass is 497 g/mol. The topological polar surface area (TPSA) is 58.8 Å². The zero-order chi connectivity index (χ0) is 19.2. The van der Waals surface area contributed by atoms with E-state index in [2.05, 4.69) is 21.7 Å². The first kappa shape index (κ1) is 22.0. The fourth-order valence-corrected chi connectivity index (χ4v) is 2.90. The van der Waals surface area contributed by atoms with Gasteiger partial charge in [-0.2, -0.15) is 0 Å². The fourth-order valence-electron chi connectivity index (χ4n) is 2.90. The van der Waals surface area contributed by atoms with E-state index in [-0.39, 0.29) is 41.6 Å². The molecule has 0 saturated carbocycles. The Bertz CT molecular complexity index is 909. The Labute approximate surface area is 181 Å². The number of furan rings is 1. The van der Waals surface area contributed by atoms with Crippen LogP contribution in [0.3, 0.4) is 0 Å². The highest BCUT2D eigenvalue weighted by atomic mass is 127. The lowest BCUT2D eigenvalue weighted by Gasteiger charge is -2.18. The molecule has 7 heteroatoms. The molecule has 0 bridgehead atoms. The van der Waals surface area contributed by atoms with E-state index in [1.807, 2.05) is 37.3 Å². The number of methoxy groups -OCH3 is 1. The second kappa shape index (κ2) is 10.3. The fraction of sp³-hybridized carbons (Fsp3) is 0.286. The molecule has 3 aromatic rings. The molecule has 0 aliphatic heterocycles. The number of para-hydroxylation sites is 1. The van der Waals surface area contributed by atoms with Crippen LogP contribution in [-0.4, -0.2) is 26.7 Å². The summed E-state index contributed by atoms with van der Waals surface area (Å²) in [5.74, 6) is 1.43. The molecule has 28 heavy (non-hydrogen) atoms. The van der Waals surface area contributed by atoms with Crippen LogP contribution in [0.4, 0.5) is 4.39 Å². The minimum absolute atomic E-state index is 0. The lowest BCUT2D eigenvalue weighted by atomic mass is 10.1. The van der Waals surface area contributed by atoms with Crippen molar-refractivity contribution in [3.63, 3.8) is 0 Å². The Morgan fingerprint density at radius 2 is 2.00 bits per heavy atom. The highest BCUT2D eigenvalue weighted by Gasteiger charge is 2.11. The summed E-state index contributed by atoms with van der Waals surface area (Å²) < 4.78 is 24.7. The van der Waals surface area contributed by atoms with Crippen LogP contribution in [0, 0.1) is 5.82 Å². The third-order valence-corrected chi connectivity index (χ3v) is 4.39. The molecule has 3 rings (SSSR count). The van der Waals surface area contributed by atoms with Gasteiger partial charge < -0.3 is 19.8 Å². The third-order valence-electron chi connectivity index (χ3n) is 4.39. The average molecular weight is 497 g/mol. The van der Waals surface area contributed by atoms with Crippen LogP contribution >= 0.6 is 24.0 Å². The number of nitrogens with zero attached hydrogens (tertiary/aromatic N) is 1. The van der Waals surface area contributed by atoms with Crippen LogP contribution in [0.5, 0.6) is 5.75 Å². The van der Waals surface area contributed by atoms with Crippen molar-refractivity contribution >= 4 is 40.9 Å². The molecule has 0 saturated heterocycles. The maximum Gasteiger partial charge on any atom is 0.191 e. The quantitative estimate of drug-likeness (QED) is 0.296. The van der Waals surface area contributed by atoms with Crippen molar-refractivity contribution in [2.45, 2.75) is 19.4 Å². The summed E-state index contributed by atoms with van der Waals surface area (Å²) in [6, 6.07) is 14.8. The van der Waals surface area contributed by atoms with Crippen molar-refractivity contribution in [1.82, 2.24) is 10.6 Å². The van der Waals surface area contributed by atoms with Crippen molar-refractivity contribution in [2.75, 3.05) is 20.7 Å². The van der Waals surface area contributed by atoms with Crippen LogP contribution in [0.15, 0.2) is 57.9 Å². The molecular weight excluding hydrogens is 472 g/mol. The summed E-state index contributed by atoms with van der Waals surface area (Å²) >= 11 is 0. The van der Waals surface area contributed by atoms with Gasteiger partial charge in [0.2, 0.25) is 0 Å². The van der Waals surface area contributed by atoms with Gasteiger partial charge in [-0.1, -0.05) is 24.3 Å². The lowest BCUT2D eigenvalue weighted by Crippen LogP contribution is -2.39. The summed E-state index contributed by atoms with van der Waals surface area (Å²) in [6.07, 6.45) is 0.737. The smallest absolute Gasteiger partial charge is 0.191 e. The van der Waals surface area contributed by atoms with E-state index in [0.717, 1.165) is 28.7 Å². The van der Waals surface area contributed by atoms with Crippen LogP contribution in [0.2, 0.25) is 0 Å². The molecule has 0 aliphatic rings. The number of hydrogen-bond donors (Lipinski definition) is 2. The molecule has 1 heterocycles. The van der Waals surface area contributed by atoms with E-state index < -0.39 is 0 Å². The molecule has 0 radical (unpaired) electrons. The Hall–Kier alpha value is -2.29. The van der Waals surface area contributed by atoms with Crippen molar-refractivity contribution in [3.8, 4) is 5.75 Å². The molecule has 0 spiro atoms. The largest absolute Gasteiger partial charge is 0.494 e. The summed E-state index contributed by atoms with van der Waals surface area (Å²) in [7, 11) is 3.16. The SMILES string of the molecule is CN=C(NCCc1cc2ccccc2o1)NC(C)c1ccc(OC)c(F)c1.I. The number of aliphatic imine (C=N–C) groups is 1. The number of benzene rings is 2. The summed E-state index contributed by atoms with van der Waals surface area (Å²) in [5.41, 5.74) is 1.71. The van der Waals surface area contributed by atoms with Crippen molar-refractivity contribution < 1.29 is 13.5 Å². The zero-order valence-corrected chi connectivity index (χ0v) is 18.5. The van der Waals surface area contributed by atoms with Gasteiger partial charge in [0.25, 0.3) is 0 Å². The number of rotatable bonds is 6. The van der Waals surface area contributed by atoms with Gasteiger partial charge in [0.15, 0.2) is 17.5 Å². The maximum atomic E-state index is 13.9. The van der Waals surface area contributed by atoms with Crippen molar-refractivity contribution in [2.24, 2.45) is 4.99 Å². The number of halogens is 2.